The van der Waals surface area contributed by atoms with Crippen molar-refractivity contribution in [2.24, 2.45) is 0 Å². The SMILES string of the molecule is CC[C@H](Oc1ccccc1C)C(=O)N(Cc1ccccc1)Cc1ccccc1. The molecule has 0 saturated heterocycles. The van der Waals surface area contributed by atoms with Crippen LogP contribution in [0.2, 0.25) is 0 Å². The second kappa shape index (κ2) is 9.75. The Kier molecular flexibility index (Phi) is 6.85. The number of hydrogen-bond donors (Lipinski definition) is 0. The van der Waals surface area contributed by atoms with Crippen LogP contribution in [0.15, 0.2) is 84.9 Å². The maximum Gasteiger partial charge on any atom is 0.264 e. The van der Waals surface area contributed by atoms with Crippen LogP contribution in [0.5, 0.6) is 5.75 Å². The van der Waals surface area contributed by atoms with Gasteiger partial charge in [0, 0.05) is 13.1 Å². The smallest absolute Gasteiger partial charge is 0.264 e. The van der Waals surface area contributed by atoms with Crippen molar-refractivity contribution < 1.29 is 9.53 Å². The van der Waals surface area contributed by atoms with Gasteiger partial charge in [-0.2, -0.15) is 0 Å². The molecule has 0 radical (unpaired) electrons. The van der Waals surface area contributed by atoms with Crippen molar-refractivity contribution in [3.8, 4) is 5.75 Å². The first-order valence-corrected chi connectivity index (χ1v) is 9.76. The standard InChI is InChI=1S/C25H27NO2/c1-3-23(28-24-17-11-10-12-20(24)2)25(27)26(18-21-13-6-4-7-14-21)19-22-15-8-5-9-16-22/h4-17,23H,3,18-19H2,1-2H3/t23-/m0/s1. The molecule has 0 fully saturated rings. The highest BCUT2D eigenvalue weighted by atomic mass is 16.5. The molecule has 0 heterocycles. The third-order valence-electron chi connectivity index (χ3n) is 4.75. The minimum absolute atomic E-state index is 0.0125. The zero-order valence-corrected chi connectivity index (χ0v) is 16.5. The summed E-state index contributed by atoms with van der Waals surface area (Å²) in [6, 6.07) is 28.0. The van der Waals surface area contributed by atoms with Gasteiger partial charge in [-0.05, 0) is 36.1 Å². The highest BCUT2D eigenvalue weighted by Gasteiger charge is 2.25. The third-order valence-corrected chi connectivity index (χ3v) is 4.75. The van der Waals surface area contributed by atoms with Gasteiger partial charge in [0.1, 0.15) is 5.75 Å². The highest BCUT2D eigenvalue weighted by Crippen LogP contribution is 2.21. The van der Waals surface area contributed by atoms with Crippen molar-refractivity contribution in [3.63, 3.8) is 0 Å². The molecule has 28 heavy (non-hydrogen) atoms. The molecule has 0 aliphatic heterocycles. The van der Waals surface area contributed by atoms with Crippen molar-refractivity contribution in [1.82, 2.24) is 4.90 Å². The van der Waals surface area contributed by atoms with E-state index >= 15 is 0 Å². The molecule has 3 rings (SSSR count). The molecule has 0 spiro atoms. The zero-order chi connectivity index (χ0) is 19.8. The first-order chi connectivity index (χ1) is 13.7. The lowest BCUT2D eigenvalue weighted by Gasteiger charge is -2.28. The number of ether oxygens (including phenoxy) is 1. The average molecular weight is 373 g/mol. The Balaban J connectivity index is 1.82. The van der Waals surface area contributed by atoms with Crippen molar-refractivity contribution in [1.29, 1.82) is 0 Å². The summed E-state index contributed by atoms with van der Waals surface area (Å²) in [5.41, 5.74) is 3.25. The highest BCUT2D eigenvalue weighted by molar-refractivity contribution is 5.81. The molecule has 1 amide bonds. The van der Waals surface area contributed by atoms with Gasteiger partial charge in [0.25, 0.3) is 5.91 Å². The van der Waals surface area contributed by atoms with Crippen LogP contribution in [0.1, 0.15) is 30.0 Å². The zero-order valence-electron chi connectivity index (χ0n) is 16.5. The Bertz CT molecular complexity index is 836. The van der Waals surface area contributed by atoms with Crippen LogP contribution in [0, 0.1) is 6.92 Å². The van der Waals surface area contributed by atoms with Gasteiger partial charge in [-0.15, -0.1) is 0 Å². The van der Waals surface area contributed by atoms with Crippen LogP contribution >= 0.6 is 0 Å². The number of nitrogens with zero attached hydrogens (tertiary/aromatic N) is 1. The van der Waals surface area contributed by atoms with E-state index in [-0.39, 0.29) is 5.91 Å². The van der Waals surface area contributed by atoms with E-state index in [1.807, 2.05) is 79.4 Å². The van der Waals surface area contributed by atoms with Crippen molar-refractivity contribution in [2.75, 3.05) is 0 Å². The molecule has 3 nitrogen and oxygen atoms in total. The molecule has 0 bridgehead atoms. The van der Waals surface area contributed by atoms with Crippen LogP contribution in [-0.4, -0.2) is 16.9 Å². The van der Waals surface area contributed by atoms with Gasteiger partial charge in [-0.25, -0.2) is 0 Å². The summed E-state index contributed by atoms with van der Waals surface area (Å²) in [6.45, 7) is 5.10. The van der Waals surface area contributed by atoms with Gasteiger partial charge >= 0.3 is 0 Å². The lowest BCUT2D eigenvalue weighted by Crippen LogP contribution is -2.41. The van der Waals surface area contributed by atoms with Crippen LogP contribution < -0.4 is 4.74 Å². The maximum atomic E-state index is 13.4. The Labute approximate surface area is 167 Å². The lowest BCUT2D eigenvalue weighted by atomic mass is 10.1. The number of amides is 1. The predicted octanol–water partition coefficient (Wildman–Crippen LogP) is 5.38. The molecule has 0 unspecified atom stereocenters. The molecule has 0 aromatic heterocycles. The molecule has 0 N–H and O–H groups in total. The van der Waals surface area contributed by atoms with E-state index in [0.717, 1.165) is 22.4 Å². The van der Waals surface area contributed by atoms with Gasteiger partial charge in [-0.3, -0.25) is 4.79 Å². The van der Waals surface area contributed by atoms with E-state index < -0.39 is 6.10 Å². The van der Waals surface area contributed by atoms with E-state index in [1.54, 1.807) is 0 Å². The van der Waals surface area contributed by atoms with Gasteiger partial charge in [-0.1, -0.05) is 85.8 Å². The Morgan fingerprint density at radius 2 is 1.32 bits per heavy atom. The first-order valence-electron chi connectivity index (χ1n) is 9.76. The average Bonchev–Trinajstić information content (AvgIpc) is 2.74. The number of carbonyl (C=O) groups excluding carboxylic acids is 1. The number of hydrogen-bond acceptors (Lipinski definition) is 2. The van der Waals surface area contributed by atoms with Gasteiger partial charge in [0.2, 0.25) is 0 Å². The van der Waals surface area contributed by atoms with Crippen molar-refractivity contribution in [3.05, 3.63) is 102 Å². The normalized spacial score (nSPS) is 11.6. The fourth-order valence-electron chi connectivity index (χ4n) is 3.17. The lowest BCUT2D eigenvalue weighted by molar-refractivity contribution is -0.140. The van der Waals surface area contributed by atoms with E-state index in [2.05, 4.69) is 24.3 Å². The minimum atomic E-state index is -0.506. The summed E-state index contributed by atoms with van der Waals surface area (Å²) in [7, 11) is 0. The summed E-state index contributed by atoms with van der Waals surface area (Å²) in [5.74, 6) is 0.778. The van der Waals surface area contributed by atoms with E-state index in [9.17, 15) is 4.79 Å². The number of aryl methyl sites for hydroxylation is 1. The summed E-state index contributed by atoms with van der Waals surface area (Å²) in [6.07, 6.45) is 0.112. The summed E-state index contributed by atoms with van der Waals surface area (Å²) in [5, 5.41) is 0. The second-order valence-electron chi connectivity index (χ2n) is 6.95. The van der Waals surface area contributed by atoms with Gasteiger partial charge < -0.3 is 9.64 Å². The van der Waals surface area contributed by atoms with Crippen LogP contribution in [0.25, 0.3) is 0 Å². The van der Waals surface area contributed by atoms with Gasteiger partial charge in [0.05, 0.1) is 0 Å². The predicted molar refractivity (Wildman–Crippen MR) is 113 cm³/mol. The molecular formula is C25H27NO2. The van der Waals surface area contributed by atoms with Gasteiger partial charge in [0.15, 0.2) is 6.10 Å². The van der Waals surface area contributed by atoms with Crippen LogP contribution in [-0.2, 0) is 17.9 Å². The Morgan fingerprint density at radius 1 is 0.821 bits per heavy atom. The molecule has 3 aromatic rings. The van der Waals surface area contributed by atoms with Crippen LogP contribution in [0.3, 0.4) is 0 Å². The summed E-state index contributed by atoms with van der Waals surface area (Å²) in [4.78, 5) is 15.3. The minimum Gasteiger partial charge on any atom is -0.480 e. The maximum absolute atomic E-state index is 13.4. The second-order valence-corrected chi connectivity index (χ2v) is 6.95. The molecule has 0 saturated carbocycles. The van der Waals surface area contributed by atoms with E-state index in [4.69, 9.17) is 4.74 Å². The quantitative estimate of drug-likeness (QED) is 0.530. The topological polar surface area (TPSA) is 29.5 Å². The number of rotatable bonds is 8. The largest absolute Gasteiger partial charge is 0.480 e. The first kappa shape index (κ1) is 19.7. The molecule has 0 aliphatic rings. The Hall–Kier alpha value is -3.07. The number of carbonyl (C=O) groups is 1. The summed E-state index contributed by atoms with van der Waals surface area (Å²) < 4.78 is 6.12. The van der Waals surface area contributed by atoms with Crippen molar-refractivity contribution >= 4 is 5.91 Å². The molecule has 144 valence electrons. The fourth-order valence-corrected chi connectivity index (χ4v) is 3.17. The Morgan fingerprint density at radius 3 is 1.82 bits per heavy atom. The number of benzene rings is 3. The molecule has 3 heteroatoms. The number of para-hydroxylation sites is 1. The monoisotopic (exact) mass is 373 g/mol. The fraction of sp³-hybridized carbons (Fsp3) is 0.240. The molecule has 0 aliphatic carbocycles. The molecular weight excluding hydrogens is 346 g/mol. The van der Waals surface area contributed by atoms with E-state index in [0.29, 0.717) is 19.5 Å². The van der Waals surface area contributed by atoms with Crippen LogP contribution in [0.4, 0.5) is 0 Å². The molecule has 3 aromatic carbocycles. The summed E-state index contributed by atoms with van der Waals surface area (Å²) >= 11 is 0. The van der Waals surface area contributed by atoms with Crippen molar-refractivity contribution in [2.45, 2.75) is 39.5 Å². The van der Waals surface area contributed by atoms with E-state index in [1.165, 1.54) is 0 Å². The molecule has 1 atom stereocenters. The third kappa shape index (κ3) is 5.23.